The fourth-order valence-electron chi connectivity index (χ4n) is 2.33. The van der Waals surface area contributed by atoms with Crippen molar-refractivity contribution in [1.29, 1.82) is 5.26 Å². The van der Waals surface area contributed by atoms with Gasteiger partial charge in [0.15, 0.2) is 11.5 Å². The molecule has 0 atom stereocenters. The molecule has 0 saturated carbocycles. The Kier molecular flexibility index (Phi) is 5.32. The van der Waals surface area contributed by atoms with Crippen molar-refractivity contribution < 1.29 is 19.0 Å². The molecule has 2 aromatic carbocycles. The summed E-state index contributed by atoms with van der Waals surface area (Å²) in [7, 11) is 0. The molecule has 3 rings (SSSR count). The first-order valence-corrected chi connectivity index (χ1v) is 7.98. The Balaban J connectivity index is 1.57. The van der Waals surface area contributed by atoms with E-state index in [2.05, 4.69) is 0 Å². The first kappa shape index (κ1) is 16.6. The molecule has 1 heterocycles. The van der Waals surface area contributed by atoms with Crippen LogP contribution in [0, 0.1) is 11.3 Å². The summed E-state index contributed by atoms with van der Waals surface area (Å²) in [6.45, 7) is 1.42. The first-order valence-electron chi connectivity index (χ1n) is 7.98. The normalized spacial score (nSPS) is 13.1. The minimum absolute atomic E-state index is 0.163. The van der Waals surface area contributed by atoms with Gasteiger partial charge in [0, 0.05) is 12.5 Å². The second-order valence-corrected chi connectivity index (χ2v) is 5.51. The second kappa shape index (κ2) is 8.02. The molecule has 0 saturated heterocycles. The van der Waals surface area contributed by atoms with E-state index >= 15 is 0 Å². The van der Waals surface area contributed by atoms with Gasteiger partial charge in [-0.25, -0.2) is 4.79 Å². The summed E-state index contributed by atoms with van der Waals surface area (Å²) in [5, 5.41) is 8.75. The van der Waals surface area contributed by atoms with Crippen molar-refractivity contribution in [3.8, 4) is 17.6 Å². The first-order chi connectivity index (χ1) is 12.2. The van der Waals surface area contributed by atoms with E-state index in [0.717, 1.165) is 23.3 Å². The SMILES string of the molecule is N#Cc1ccc(COC(=O)/C=C/c2ccc3c(c2)OCCCO3)cc1. The largest absolute Gasteiger partial charge is 0.490 e. The highest BCUT2D eigenvalue weighted by atomic mass is 16.5. The molecule has 5 heteroatoms. The van der Waals surface area contributed by atoms with Crippen molar-refractivity contribution >= 4 is 12.0 Å². The van der Waals surface area contributed by atoms with Gasteiger partial charge in [-0.1, -0.05) is 18.2 Å². The molecule has 0 amide bonds. The maximum atomic E-state index is 11.8. The lowest BCUT2D eigenvalue weighted by Crippen LogP contribution is -2.00. The standard InChI is InChI=1S/C20H17NO4/c21-13-16-2-4-17(5-3-16)14-25-20(22)9-7-15-6-8-18-19(12-15)24-11-1-10-23-18/h2-9,12H,1,10-11,14H2/b9-7+. The molecule has 25 heavy (non-hydrogen) atoms. The van der Waals surface area contributed by atoms with Gasteiger partial charge >= 0.3 is 5.97 Å². The van der Waals surface area contributed by atoms with Crippen LogP contribution in [0.4, 0.5) is 0 Å². The van der Waals surface area contributed by atoms with Gasteiger partial charge in [0.05, 0.1) is 24.8 Å². The molecule has 0 aromatic heterocycles. The van der Waals surface area contributed by atoms with E-state index in [0.29, 0.717) is 24.5 Å². The van der Waals surface area contributed by atoms with Crippen molar-refractivity contribution in [1.82, 2.24) is 0 Å². The predicted molar refractivity (Wildman–Crippen MR) is 92.0 cm³/mol. The Bertz CT molecular complexity index is 819. The van der Waals surface area contributed by atoms with Crippen LogP contribution in [-0.4, -0.2) is 19.2 Å². The average Bonchev–Trinajstić information content (AvgIpc) is 2.90. The number of ether oxygens (including phenoxy) is 3. The van der Waals surface area contributed by atoms with Gasteiger partial charge in [0.2, 0.25) is 0 Å². The number of esters is 1. The summed E-state index contributed by atoms with van der Waals surface area (Å²) < 4.78 is 16.4. The van der Waals surface area contributed by atoms with Gasteiger partial charge in [-0.2, -0.15) is 5.26 Å². The molecule has 0 bridgehead atoms. The Labute approximate surface area is 146 Å². The Morgan fingerprint density at radius 1 is 1.12 bits per heavy atom. The smallest absolute Gasteiger partial charge is 0.331 e. The number of rotatable bonds is 4. The third kappa shape index (κ3) is 4.61. The number of hydrogen-bond donors (Lipinski definition) is 0. The number of carbonyl (C=O) groups is 1. The molecular formula is C20H17NO4. The number of nitrogens with zero attached hydrogens (tertiary/aromatic N) is 1. The molecule has 0 aliphatic carbocycles. The van der Waals surface area contributed by atoms with Crippen molar-refractivity contribution in [2.24, 2.45) is 0 Å². The number of carbonyl (C=O) groups excluding carboxylic acids is 1. The molecule has 1 aliphatic rings. The molecule has 126 valence electrons. The van der Waals surface area contributed by atoms with Crippen LogP contribution in [-0.2, 0) is 16.1 Å². The lowest BCUT2D eigenvalue weighted by atomic mass is 10.1. The Morgan fingerprint density at radius 2 is 1.88 bits per heavy atom. The van der Waals surface area contributed by atoms with Gasteiger partial charge in [0.1, 0.15) is 6.61 Å². The van der Waals surface area contributed by atoms with E-state index in [1.165, 1.54) is 6.08 Å². The van der Waals surface area contributed by atoms with Crippen LogP contribution in [0.5, 0.6) is 11.5 Å². The van der Waals surface area contributed by atoms with Crippen LogP contribution in [0.3, 0.4) is 0 Å². The molecule has 1 aliphatic heterocycles. The van der Waals surface area contributed by atoms with E-state index < -0.39 is 5.97 Å². The highest BCUT2D eigenvalue weighted by molar-refractivity contribution is 5.87. The van der Waals surface area contributed by atoms with Gasteiger partial charge in [-0.05, 0) is 41.5 Å². The van der Waals surface area contributed by atoms with Crippen LogP contribution >= 0.6 is 0 Å². The van der Waals surface area contributed by atoms with Gasteiger partial charge in [-0.15, -0.1) is 0 Å². The summed E-state index contributed by atoms with van der Waals surface area (Å²) >= 11 is 0. The van der Waals surface area contributed by atoms with Crippen LogP contribution in [0.2, 0.25) is 0 Å². The Morgan fingerprint density at radius 3 is 2.64 bits per heavy atom. The molecule has 0 fully saturated rings. The number of benzene rings is 2. The summed E-state index contributed by atoms with van der Waals surface area (Å²) in [5.41, 5.74) is 2.24. The number of hydrogen-bond acceptors (Lipinski definition) is 5. The molecule has 0 spiro atoms. The zero-order valence-corrected chi connectivity index (χ0v) is 13.6. The van der Waals surface area contributed by atoms with E-state index in [1.807, 2.05) is 24.3 Å². The van der Waals surface area contributed by atoms with E-state index in [1.54, 1.807) is 30.3 Å². The van der Waals surface area contributed by atoms with Crippen LogP contribution < -0.4 is 9.47 Å². The van der Waals surface area contributed by atoms with Crippen LogP contribution in [0.25, 0.3) is 6.08 Å². The van der Waals surface area contributed by atoms with Crippen molar-refractivity contribution in [3.05, 3.63) is 65.2 Å². The topological polar surface area (TPSA) is 68.5 Å². The summed E-state index contributed by atoms with van der Waals surface area (Å²) in [4.78, 5) is 11.8. The zero-order chi connectivity index (χ0) is 17.5. The maximum absolute atomic E-state index is 11.8. The fourth-order valence-corrected chi connectivity index (χ4v) is 2.33. The zero-order valence-electron chi connectivity index (χ0n) is 13.6. The molecule has 0 radical (unpaired) electrons. The van der Waals surface area contributed by atoms with Crippen LogP contribution in [0.15, 0.2) is 48.5 Å². The average molecular weight is 335 g/mol. The molecular weight excluding hydrogens is 318 g/mol. The van der Waals surface area contributed by atoms with Crippen molar-refractivity contribution in [2.45, 2.75) is 13.0 Å². The summed E-state index contributed by atoms with van der Waals surface area (Å²) in [5.74, 6) is 0.972. The van der Waals surface area contributed by atoms with E-state index in [9.17, 15) is 4.79 Å². The van der Waals surface area contributed by atoms with Crippen molar-refractivity contribution in [2.75, 3.05) is 13.2 Å². The third-order valence-electron chi connectivity index (χ3n) is 3.65. The Hall–Kier alpha value is -3.26. The lowest BCUT2D eigenvalue weighted by Gasteiger charge is -2.07. The molecule has 0 N–H and O–H groups in total. The predicted octanol–water partition coefficient (Wildman–Crippen LogP) is 3.48. The van der Waals surface area contributed by atoms with Gasteiger partial charge in [-0.3, -0.25) is 0 Å². The minimum atomic E-state index is -0.434. The second-order valence-electron chi connectivity index (χ2n) is 5.51. The fraction of sp³-hybridized carbons (Fsp3) is 0.200. The number of nitriles is 1. The highest BCUT2D eigenvalue weighted by Gasteiger charge is 2.09. The summed E-state index contributed by atoms with van der Waals surface area (Å²) in [6.07, 6.45) is 3.90. The van der Waals surface area contributed by atoms with Gasteiger partial charge in [0.25, 0.3) is 0 Å². The monoisotopic (exact) mass is 335 g/mol. The quantitative estimate of drug-likeness (QED) is 0.632. The maximum Gasteiger partial charge on any atom is 0.331 e. The van der Waals surface area contributed by atoms with Gasteiger partial charge < -0.3 is 14.2 Å². The molecule has 2 aromatic rings. The lowest BCUT2D eigenvalue weighted by molar-refractivity contribution is -0.138. The van der Waals surface area contributed by atoms with Crippen LogP contribution in [0.1, 0.15) is 23.1 Å². The minimum Gasteiger partial charge on any atom is -0.490 e. The van der Waals surface area contributed by atoms with Crippen molar-refractivity contribution in [3.63, 3.8) is 0 Å². The molecule has 5 nitrogen and oxygen atoms in total. The van der Waals surface area contributed by atoms with E-state index in [-0.39, 0.29) is 6.61 Å². The summed E-state index contributed by atoms with van der Waals surface area (Å²) in [6, 6.07) is 14.5. The molecule has 0 unspecified atom stereocenters. The highest BCUT2D eigenvalue weighted by Crippen LogP contribution is 2.30. The van der Waals surface area contributed by atoms with E-state index in [4.69, 9.17) is 19.5 Å². The number of fused-ring (bicyclic) bond motifs is 1. The third-order valence-corrected chi connectivity index (χ3v) is 3.65.